The van der Waals surface area contributed by atoms with E-state index in [-0.39, 0.29) is 11.9 Å². The maximum absolute atomic E-state index is 12.9. The van der Waals surface area contributed by atoms with Gasteiger partial charge in [0.15, 0.2) is 0 Å². The van der Waals surface area contributed by atoms with E-state index in [0.717, 1.165) is 5.69 Å². The van der Waals surface area contributed by atoms with Crippen LogP contribution in [0.3, 0.4) is 0 Å². The largest absolute Gasteiger partial charge is 0.391 e. The number of aliphatic hydroxyl groups excluding tert-OH is 1. The first kappa shape index (κ1) is 16.0. The van der Waals surface area contributed by atoms with Crippen LogP contribution >= 0.6 is 0 Å². The Morgan fingerprint density at radius 2 is 2.16 bits per heavy atom. The van der Waals surface area contributed by atoms with Crippen molar-refractivity contribution in [1.82, 2.24) is 10.3 Å². The summed E-state index contributed by atoms with van der Waals surface area (Å²) >= 11 is 0. The Balaban J connectivity index is 2.52. The van der Waals surface area contributed by atoms with E-state index in [1.165, 1.54) is 12.3 Å². The molecule has 1 rings (SSSR count). The predicted molar refractivity (Wildman–Crippen MR) is 72.3 cm³/mol. The van der Waals surface area contributed by atoms with Crippen molar-refractivity contribution in [2.75, 3.05) is 20.3 Å². The number of hydrogen-bond donors (Lipinski definition) is 2. The van der Waals surface area contributed by atoms with E-state index < -0.39 is 6.10 Å². The third-order valence-electron chi connectivity index (χ3n) is 2.94. The van der Waals surface area contributed by atoms with Gasteiger partial charge in [0, 0.05) is 7.11 Å². The summed E-state index contributed by atoms with van der Waals surface area (Å²) in [5, 5.41) is 12.9. The normalized spacial score (nSPS) is 14.6. The minimum Gasteiger partial charge on any atom is -0.391 e. The third-order valence-corrected chi connectivity index (χ3v) is 2.94. The maximum Gasteiger partial charge on any atom is 0.141 e. The highest BCUT2D eigenvalue weighted by Crippen LogP contribution is 2.19. The van der Waals surface area contributed by atoms with Crippen LogP contribution in [0.5, 0.6) is 0 Å². The van der Waals surface area contributed by atoms with Gasteiger partial charge in [-0.05, 0) is 31.0 Å². The molecule has 0 saturated carbocycles. The Bertz CT molecular complexity index is 357. The molecule has 0 amide bonds. The second-order valence-electron chi connectivity index (χ2n) is 4.97. The van der Waals surface area contributed by atoms with Crippen molar-refractivity contribution >= 4 is 0 Å². The Kier molecular flexibility index (Phi) is 6.91. The Morgan fingerprint density at radius 1 is 1.42 bits per heavy atom. The lowest BCUT2D eigenvalue weighted by Crippen LogP contribution is -2.30. The van der Waals surface area contributed by atoms with E-state index in [2.05, 4.69) is 24.1 Å². The van der Waals surface area contributed by atoms with Crippen molar-refractivity contribution in [3.63, 3.8) is 0 Å². The zero-order valence-corrected chi connectivity index (χ0v) is 11.8. The lowest BCUT2D eigenvalue weighted by molar-refractivity contribution is 0.0586. The van der Waals surface area contributed by atoms with Crippen LogP contribution in [0.15, 0.2) is 18.3 Å². The predicted octanol–water partition coefficient (Wildman–Crippen LogP) is 1.90. The number of nitrogens with one attached hydrogen (secondary N) is 1. The second-order valence-corrected chi connectivity index (χ2v) is 4.97. The SMILES string of the molecule is COCC(O)CCNC(c1ccc(F)cn1)C(C)C. The van der Waals surface area contributed by atoms with Gasteiger partial charge in [0.2, 0.25) is 0 Å². The summed E-state index contributed by atoms with van der Waals surface area (Å²) in [7, 11) is 1.57. The van der Waals surface area contributed by atoms with Crippen LogP contribution in [-0.2, 0) is 4.74 Å². The summed E-state index contributed by atoms with van der Waals surface area (Å²) in [6, 6.07) is 3.16. The van der Waals surface area contributed by atoms with Gasteiger partial charge in [-0.25, -0.2) is 4.39 Å². The van der Waals surface area contributed by atoms with Crippen molar-refractivity contribution in [1.29, 1.82) is 0 Å². The molecule has 2 N–H and O–H groups in total. The van der Waals surface area contributed by atoms with E-state index >= 15 is 0 Å². The number of pyridine rings is 1. The van der Waals surface area contributed by atoms with E-state index in [9.17, 15) is 9.50 Å². The summed E-state index contributed by atoms with van der Waals surface area (Å²) in [5.41, 5.74) is 0.817. The quantitative estimate of drug-likeness (QED) is 0.757. The van der Waals surface area contributed by atoms with Gasteiger partial charge in [-0.1, -0.05) is 13.8 Å². The summed E-state index contributed by atoms with van der Waals surface area (Å²) in [5.74, 6) is -0.000646. The molecule has 1 aromatic heterocycles. The number of ether oxygens (including phenoxy) is 1. The molecule has 1 heterocycles. The van der Waals surface area contributed by atoms with Crippen molar-refractivity contribution < 1.29 is 14.2 Å². The van der Waals surface area contributed by atoms with Gasteiger partial charge in [-0.15, -0.1) is 0 Å². The van der Waals surface area contributed by atoms with Crippen LogP contribution in [0.4, 0.5) is 4.39 Å². The third kappa shape index (κ3) is 5.63. The van der Waals surface area contributed by atoms with E-state index in [1.807, 2.05) is 0 Å². The van der Waals surface area contributed by atoms with Crippen molar-refractivity contribution in [2.45, 2.75) is 32.4 Å². The van der Waals surface area contributed by atoms with E-state index in [4.69, 9.17) is 4.74 Å². The average molecular weight is 270 g/mol. The summed E-state index contributed by atoms with van der Waals surface area (Å²) in [6.45, 7) is 5.15. The fourth-order valence-electron chi connectivity index (χ4n) is 1.93. The fourth-order valence-corrected chi connectivity index (χ4v) is 1.93. The molecule has 0 aliphatic carbocycles. The fraction of sp³-hybridized carbons (Fsp3) is 0.643. The summed E-state index contributed by atoms with van der Waals surface area (Å²) in [4.78, 5) is 4.11. The van der Waals surface area contributed by atoms with E-state index in [1.54, 1.807) is 13.2 Å². The number of aliphatic hydroxyl groups is 1. The molecule has 19 heavy (non-hydrogen) atoms. The van der Waals surface area contributed by atoms with Gasteiger partial charge >= 0.3 is 0 Å². The first-order valence-corrected chi connectivity index (χ1v) is 6.56. The van der Waals surface area contributed by atoms with Crippen LogP contribution in [0, 0.1) is 11.7 Å². The van der Waals surface area contributed by atoms with E-state index in [0.29, 0.717) is 25.5 Å². The molecule has 4 nitrogen and oxygen atoms in total. The highest BCUT2D eigenvalue weighted by atomic mass is 19.1. The smallest absolute Gasteiger partial charge is 0.141 e. The van der Waals surface area contributed by atoms with Gasteiger partial charge in [0.1, 0.15) is 5.82 Å². The molecule has 2 atom stereocenters. The minimum absolute atomic E-state index is 0.0512. The van der Waals surface area contributed by atoms with Crippen molar-refractivity contribution in [3.8, 4) is 0 Å². The molecular formula is C14H23FN2O2. The van der Waals surface area contributed by atoms with Crippen LogP contribution in [0.25, 0.3) is 0 Å². The minimum atomic E-state index is -0.466. The summed E-state index contributed by atoms with van der Waals surface area (Å²) in [6.07, 6.45) is 1.37. The van der Waals surface area contributed by atoms with Crippen molar-refractivity contribution in [3.05, 3.63) is 29.8 Å². The highest BCUT2D eigenvalue weighted by molar-refractivity contribution is 5.10. The average Bonchev–Trinajstić information content (AvgIpc) is 2.36. The molecule has 2 unspecified atom stereocenters. The molecule has 5 heteroatoms. The number of methoxy groups -OCH3 is 1. The Labute approximate surface area is 114 Å². The number of aromatic nitrogens is 1. The molecular weight excluding hydrogens is 247 g/mol. The number of nitrogens with zero attached hydrogens (tertiary/aromatic N) is 1. The van der Waals surface area contributed by atoms with Crippen LogP contribution in [0.1, 0.15) is 32.0 Å². The van der Waals surface area contributed by atoms with Gasteiger partial charge < -0.3 is 15.2 Å². The maximum atomic E-state index is 12.9. The van der Waals surface area contributed by atoms with Crippen LogP contribution < -0.4 is 5.32 Å². The zero-order valence-electron chi connectivity index (χ0n) is 11.8. The second kappa shape index (κ2) is 8.19. The molecule has 108 valence electrons. The molecule has 0 aliphatic rings. The Morgan fingerprint density at radius 3 is 2.68 bits per heavy atom. The topological polar surface area (TPSA) is 54.4 Å². The lowest BCUT2D eigenvalue weighted by Gasteiger charge is -2.22. The molecule has 0 spiro atoms. The van der Waals surface area contributed by atoms with Gasteiger partial charge in [-0.2, -0.15) is 0 Å². The standard InChI is InChI=1S/C14H23FN2O2/c1-10(2)14(13-5-4-11(15)8-17-13)16-7-6-12(18)9-19-3/h4-5,8,10,12,14,16,18H,6-7,9H2,1-3H3. The molecule has 0 aliphatic heterocycles. The monoisotopic (exact) mass is 270 g/mol. The summed E-state index contributed by atoms with van der Waals surface area (Å²) < 4.78 is 17.7. The first-order valence-electron chi connectivity index (χ1n) is 6.56. The first-order chi connectivity index (χ1) is 9.04. The number of hydrogen-bond acceptors (Lipinski definition) is 4. The van der Waals surface area contributed by atoms with Crippen LogP contribution in [-0.4, -0.2) is 36.5 Å². The molecule has 0 saturated heterocycles. The van der Waals surface area contributed by atoms with Gasteiger partial charge in [-0.3, -0.25) is 4.98 Å². The molecule has 0 bridgehead atoms. The molecule has 0 radical (unpaired) electrons. The molecule has 0 fully saturated rings. The van der Waals surface area contributed by atoms with Crippen molar-refractivity contribution in [2.24, 2.45) is 5.92 Å². The molecule has 0 aromatic carbocycles. The van der Waals surface area contributed by atoms with Gasteiger partial charge in [0.05, 0.1) is 30.6 Å². The zero-order chi connectivity index (χ0) is 14.3. The number of halogens is 1. The molecule has 1 aromatic rings. The Hall–Kier alpha value is -1.04. The van der Waals surface area contributed by atoms with Gasteiger partial charge in [0.25, 0.3) is 0 Å². The lowest BCUT2D eigenvalue weighted by atomic mass is 10.00. The van der Waals surface area contributed by atoms with Crippen LogP contribution in [0.2, 0.25) is 0 Å². The highest BCUT2D eigenvalue weighted by Gasteiger charge is 2.17. The number of rotatable bonds is 8.